The highest BCUT2D eigenvalue weighted by molar-refractivity contribution is 7.89. The van der Waals surface area contributed by atoms with Gasteiger partial charge in [0.15, 0.2) is 6.61 Å². The van der Waals surface area contributed by atoms with E-state index in [1.807, 2.05) is 26.0 Å². The van der Waals surface area contributed by atoms with Gasteiger partial charge in [-0.2, -0.15) is 0 Å². The fourth-order valence-electron chi connectivity index (χ4n) is 3.22. The molecule has 8 nitrogen and oxygen atoms in total. The quantitative estimate of drug-likeness (QED) is 0.570. The first-order valence-corrected chi connectivity index (χ1v) is 11.0. The van der Waals surface area contributed by atoms with E-state index in [1.165, 1.54) is 18.2 Å². The Bertz CT molecular complexity index is 1230. The Labute approximate surface area is 180 Å². The molecule has 3 N–H and O–H groups in total. The molecule has 1 aromatic heterocycles. The van der Waals surface area contributed by atoms with Gasteiger partial charge < -0.3 is 14.6 Å². The minimum atomic E-state index is -3.92. The summed E-state index contributed by atoms with van der Waals surface area (Å²) in [4.78, 5) is 24.3. The van der Waals surface area contributed by atoms with Crippen molar-refractivity contribution in [3.05, 3.63) is 77.1 Å². The molecule has 0 aliphatic carbocycles. The average Bonchev–Trinajstić information content (AvgIpc) is 3.05. The molecule has 31 heavy (non-hydrogen) atoms. The first kappa shape index (κ1) is 22.3. The third-order valence-electron chi connectivity index (χ3n) is 4.75. The molecule has 0 unspecified atom stereocenters. The molecule has 0 bridgehead atoms. The van der Waals surface area contributed by atoms with Crippen LogP contribution >= 0.6 is 0 Å². The predicted octanol–water partition coefficient (Wildman–Crippen LogP) is 2.85. The number of rotatable bonds is 6. The standard InChI is InChI=1S/C22H23N3O5S/c1-14-4-9-18(12-20(14)31(23,28)29)24-21(26)13-30-22(27)17-7-10-19(11-8-17)25-15(2)5-6-16(25)3/h4-12H,13H2,1-3H3,(H,24,26)(H2,23,28,29). The van der Waals surface area contributed by atoms with Crippen LogP contribution in [0.1, 0.15) is 27.3 Å². The van der Waals surface area contributed by atoms with Crippen molar-refractivity contribution in [1.29, 1.82) is 0 Å². The zero-order chi connectivity index (χ0) is 22.8. The van der Waals surface area contributed by atoms with Crippen molar-refractivity contribution in [3.63, 3.8) is 0 Å². The molecular formula is C22H23N3O5S. The molecule has 0 aliphatic heterocycles. The highest BCUT2D eigenvalue weighted by atomic mass is 32.2. The van der Waals surface area contributed by atoms with Crippen LogP contribution in [0.3, 0.4) is 0 Å². The Kier molecular flexibility index (Phi) is 6.28. The number of hydrogen-bond donors (Lipinski definition) is 2. The summed E-state index contributed by atoms with van der Waals surface area (Å²) in [5.41, 5.74) is 4.07. The number of carbonyl (C=O) groups excluding carboxylic acids is 2. The maximum absolute atomic E-state index is 12.3. The number of ether oxygens (including phenoxy) is 1. The third-order valence-corrected chi connectivity index (χ3v) is 5.80. The van der Waals surface area contributed by atoms with E-state index in [0.717, 1.165) is 17.1 Å². The lowest BCUT2D eigenvalue weighted by Crippen LogP contribution is -2.21. The van der Waals surface area contributed by atoms with Gasteiger partial charge in [-0.3, -0.25) is 4.79 Å². The second-order valence-corrected chi connectivity index (χ2v) is 8.68. The number of primary sulfonamides is 1. The zero-order valence-electron chi connectivity index (χ0n) is 17.4. The van der Waals surface area contributed by atoms with Gasteiger partial charge in [-0.15, -0.1) is 0 Å². The lowest BCUT2D eigenvalue weighted by molar-refractivity contribution is -0.119. The van der Waals surface area contributed by atoms with Crippen LogP contribution in [0.2, 0.25) is 0 Å². The van der Waals surface area contributed by atoms with Crippen LogP contribution in [0, 0.1) is 20.8 Å². The zero-order valence-corrected chi connectivity index (χ0v) is 18.2. The van der Waals surface area contributed by atoms with Gasteiger partial charge in [0.1, 0.15) is 0 Å². The van der Waals surface area contributed by atoms with Gasteiger partial charge in [-0.25, -0.2) is 18.4 Å². The number of benzene rings is 2. The Morgan fingerprint density at radius 3 is 2.16 bits per heavy atom. The molecule has 9 heteroatoms. The Morgan fingerprint density at radius 2 is 1.58 bits per heavy atom. The molecule has 0 aliphatic rings. The number of aryl methyl sites for hydroxylation is 3. The molecular weight excluding hydrogens is 418 g/mol. The molecule has 0 radical (unpaired) electrons. The number of nitrogens with one attached hydrogen (secondary N) is 1. The van der Waals surface area contributed by atoms with Crippen molar-refractivity contribution >= 4 is 27.6 Å². The summed E-state index contributed by atoms with van der Waals surface area (Å²) >= 11 is 0. The maximum atomic E-state index is 12.3. The van der Waals surface area contributed by atoms with Crippen LogP contribution < -0.4 is 10.5 Å². The Balaban J connectivity index is 1.61. The fraction of sp³-hybridized carbons (Fsp3) is 0.182. The monoisotopic (exact) mass is 441 g/mol. The number of esters is 1. The lowest BCUT2D eigenvalue weighted by atomic mass is 10.2. The van der Waals surface area contributed by atoms with Crippen molar-refractivity contribution in [3.8, 4) is 5.69 Å². The summed E-state index contributed by atoms with van der Waals surface area (Å²) in [6.07, 6.45) is 0. The van der Waals surface area contributed by atoms with Crippen LogP contribution in [0.25, 0.3) is 5.69 Å². The van der Waals surface area contributed by atoms with E-state index in [4.69, 9.17) is 9.88 Å². The summed E-state index contributed by atoms with van der Waals surface area (Å²) in [7, 11) is -3.92. The predicted molar refractivity (Wildman–Crippen MR) is 117 cm³/mol. The van der Waals surface area contributed by atoms with E-state index in [2.05, 4.69) is 9.88 Å². The van der Waals surface area contributed by atoms with Crippen LogP contribution in [0.5, 0.6) is 0 Å². The van der Waals surface area contributed by atoms with E-state index in [-0.39, 0.29) is 10.6 Å². The highest BCUT2D eigenvalue weighted by Crippen LogP contribution is 2.19. The van der Waals surface area contributed by atoms with Gasteiger partial charge >= 0.3 is 5.97 Å². The van der Waals surface area contributed by atoms with Gasteiger partial charge in [-0.05, 0) is 74.9 Å². The summed E-state index contributed by atoms with van der Waals surface area (Å²) in [5, 5.41) is 7.66. The molecule has 0 saturated heterocycles. The van der Waals surface area contributed by atoms with E-state index in [1.54, 1.807) is 31.2 Å². The van der Waals surface area contributed by atoms with Crippen molar-refractivity contribution in [2.45, 2.75) is 25.7 Å². The van der Waals surface area contributed by atoms with Gasteiger partial charge in [-0.1, -0.05) is 6.07 Å². The number of aromatic nitrogens is 1. The van der Waals surface area contributed by atoms with E-state index in [9.17, 15) is 18.0 Å². The summed E-state index contributed by atoms with van der Waals surface area (Å²) in [5.74, 6) is -1.25. The number of sulfonamides is 1. The number of amides is 1. The van der Waals surface area contributed by atoms with E-state index in [0.29, 0.717) is 11.1 Å². The van der Waals surface area contributed by atoms with Crippen molar-refractivity contribution in [1.82, 2.24) is 4.57 Å². The second kappa shape index (κ2) is 8.75. The first-order valence-electron chi connectivity index (χ1n) is 9.42. The SMILES string of the molecule is Cc1ccc(NC(=O)COC(=O)c2ccc(-n3c(C)ccc3C)cc2)cc1S(N)(=O)=O. The molecule has 0 spiro atoms. The number of anilines is 1. The smallest absolute Gasteiger partial charge is 0.338 e. The van der Waals surface area contributed by atoms with E-state index >= 15 is 0 Å². The molecule has 3 aromatic rings. The van der Waals surface area contributed by atoms with Crippen molar-refractivity contribution < 1.29 is 22.7 Å². The number of nitrogens with two attached hydrogens (primary N) is 1. The summed E-state index contributed by atoms with van der Waals surface area (Å²) < 4.78 is 30.3. The van der Waals surface area contributed by atoms with Crippen LogP contribution in [0.15, 0.2) is 59.5 Å². The molecule has 0 fully saturated rings. The van der Waals surface area contributed by atoms with Gasteiger partial charge in [0, 0.05) is 22.8 Å². The van der Waals surface area contributed by atoms with Gasteiger partial charge in [0.2, 0.25) is 10.0 Å². The number of nitrogens with zero attached hydrogens (tertiary/aromatic N) is 1. The first-order chi connectivity index (χ1) is 14.6. The highest BCUT2D eigenvalue weighted by Gasteiger charge is 2.15. The van der Waals surface area contributed by atoms with Crippen molar-refractivity contribution in [2.75, 3.05) is 11.9 Å². The second-order valence-electron chi connectivity index (χ2n) is 7.15. The maximum Gasteiger partial charge on any atom is 0.338 e. The molecule has 0 atom stereocenters. The fourth-order valence-corrected chi connectivity index (χ4v) is 4.03. The largest absolute Gasteiger partial charge is 0.452 e. The Morgan fingerprint density at radius 1 is 0.968 bits per heavy atom. The third kappa shape index (κ3) is 5.19. The Hall–Kier alpha value is -3.43. The van der Waals surface area contributed by atoms with Crippen LogP contribution in [-0.2, 0) is 19.6 Å². The topological polar surface area (TPSA) is 120 Å². The van der Waals surface area contributed by atoms with Gasteiger partial charge in [0.25, 0.3) is 5.91 Å². The normalized spacial score (nSPS) is 11.2. The molecule has 0 saturated carbocycles. The number of hydrogen-bond acceptors (Lipinski definition) is 5. The van der Waals surface area contributed by atoms with Crippen LogP contribution in [0.4, 0.5) is 5.69 Å². The van der Waals surface area contributed by atoms with Crippen LogP contribution in [-0.4, -0.2) is 31.5 Å². The lowest BCUT2D eigenvalue weighted by Gasteiger charge is -2.11. The molecule has 162 valence electrons. The average molecular weight is 442 g/mol. The molecule has 2 aromatic carbocycles. The molecule has 3 rings (SSSR count). The van der Waals surface area contributed by atoms with Gasteiger partial charge in [0.05, 0.1) is 10.5 Å². The van der Waals surface area contributed by atoms with Crippen molar-refractivity contribution in [2.24, 2.45) is 5.14 Å². The number of carbonyl (C=O) groups is 2. The van der Waals surface area contributed by atoms with E-state index < -0.39 is 28.5 Å². The minimum absolute atomic E-state index is 0.0875. The molecule has 1 amide bonds. The summed E-state index contributed by atoms with van der Waals surface area (Å²) in [6, 6.07) is 15.2. The summed E-state index contributed by atoms with van der Waals surface area (Å²) in [6.45, 7) is 5.06. The molecule has 1 heterocycles. The minimum Gasteiger partial charge on any atom is -0.452 e.